The number of fused-ring (bicyclic) bond motifs is 1. The van der Waals surface area contributed by atoms with Crippen molar-refractivity contribution in [2.45, 2.75) is 36.8 Å². The third-order valence-electron chi connectivity index (χ3n) is 7.51. The van der Waals surface area contributed by atoms with E-state index in [1.54, 1.807) is 0 Å². The number of rotatable bonds is 7. The second kappa shape index (κ2) is 11.1. The lowest BCUT2D eigenvalue weighted by Gasteiger charge is -2.35. The summed E-state index contributed by atoms with van der Waals surface area (Å²) in [6.07, 6.45) is 1.17. The van der Waals surface area contributed by atoms with E-state index >= 15 is 0 Å². The van der Waals surface area contributed by atoms with Gasteiger partial charge in [0, 0.05) is 37.3 Å². The number of phenols is 1. The Morgan fingerprint density at radius 2 is 1.81 bits per heavy atom. The lowest BCUT2D eigenvalue weighted by molar-refractivity contribution is -0.154. The highest BCUT2D eigenvalue weighted by Gasteiger charge is 2.46. The highest BCUT2D eigenvalue weighted by Crippen LogP contribution is 2.34. The van der Waals surface area contributed by atoms with Crippen molar-refractivity contribution in [2.24, 2.45) is 5.73 Å². The molecule has 1 saturated heterocycles. The number of carboxylic acid groups (broad SMARTS) is 1. The van der Waals surface area contributed by atoms with Gasteiger partial charge < -0.3 is 41.2 Å². The fourth-order valence-electron chi connectivity index (χ4n) is 5.02. The molecule has 0 bridgehead atoms. The first-order valence-corrected chi connectivity index (χ1v) is 13.2. The molecule has 43 heavy (non-hydrogen) atoms. The number of hydrogen-bond donors (Lipinski definition) is 6. The smallest absolute Gasteiger partial charge is 0.534 e. The number of nitrogens with zero attached hydrogens (tertiary/aromatic N) is 2. The molecule has 0 radical (unpaired) electrons. The molecule has 2 aromatic carbocycles. The number of urea groups is 1. The van der Waals surface area contributed by atoms with Gasteiger partial charge in [-0.05, 0) is 30.9 Å². The van der Waals surface area contributed by atoms with Crippen LogP contribution in [0.15, 0.2) is 30.3 Å². The number of aromatic hydroxyl groups is 1. The average molecular weight is 601 g/mol. The molecule has 3 aliphatic rings. The lowest BCUT2D eigenvalue weighted by atomic mass is 9.72. The molecule has 2 atom stereocenters. The van der Waals surface area contributed by atoms with E-state index in [9.17, 15) is 48.0 Å². The number of carbonyl (C=O) groups excluding carboxylic acids is 4. The maximum absolute atomic E-state index is 14.9. The number of para-hydroxylation sites is 1. The first-order valence-electron chi connectivity index (χ1n) is 13.2. The topological polar surface area (TPSA) is 212 Å². The van der Waals surface area contributed by atoms with Crippen LogP contribution in [0.3, 0.4) is 0 Å². The number of phenolic OH excluding ortho intramolecular Hbond substituents is 1. The molecule has 0 spiro atoms. The van der Waals surface area contributed by atoms with E-state index < -0.39 is 77.3 Å². The predicted octanol–water partition coefficient (Wildman–Crippen LogP) is -0.579. The molecule has 2 aliphatic heterocycles. The van der Waals surface area contributed by atoms with Crippen LogP contribution in [0.5, 0.6) is 11.5 Å². The zero-order valence-corrected chi connectivity index (χ0v) is 22.4. The summed E-state index contributed by atoms with van der Waals surface area (Å²) in [6, 6.07) is 1.69. The van der Waals surface area contributed by atoms with Crippen LogP contribution in [0, 0.1) is 11.6 Å². The number of piperazine rings is 1. The van der Waals surface area contributed by atoms with Gasteiger partial charge in [0.1, 0.15) is 29.2 Å². The predicted molar refractivity (Wildman–Crippen MR) is 141 cm³/mol. The van der Waals surface area contributed by atoms with Crippen LogP contribution in [-0.2, 0) is 20.8 Å². The number of carboxylic acids is 1. The van der Waals surface area contributed by atoms with E-state index in [0.717, 1.165) is 0 Å². The molecular weight excluding hydrogens is 575 g/mol. The summed E-state index contributed by atoms with van der Waals surface area (Å²) in [7, 11) is -1.80. The number of carbonyl (C=O) groups is 5. The fraction of sp³-hybridized carbons (Fsp3) is 0.346. The maximum atomic E-state index is 14.9. The largest absolute Gasteiger partial charge is 0.547 e. The number of nitrogens with one attached hydrogen (secondary N) is 2. The van der Waals surface area contributed by atoms with Crippen LogP contribution in [0.4, 0.5) is 13.6 Å². The monoisotopic (exact) mass is 601 g/mol. The Kier molecular flexibility index (Phi) is 7.70. The Morgan fingerprint density at radius 3 is 2.44 bits per heavy atom. The van der Waals surface area contributed by atoms with Gasteiger partial charge in [0.05, 0.1) is 17.1 Å². The van der Waals surface area contributed by atoms with Gasteiger partial charge in [0.15, 0.2) is 0 Å². The first kappa shape index (κ1) is 29.7. The Labute approximate surface area is 242 Å². The van der Waals surface area contributed by atoms with Gasteiger partial charge in [-0.1, -0.05) is 12.1 Å². The van der Waals surface area contributed by atoms with Crippen LogP contribution in [0.2, 0.25) is 0 Å². The van der Waals surface area contributed by atoms with Crippen molar-refractivity contribution >= 4 is 36.8 Å². The zero-order valence-electron chi connectivity index (χ0n) is 22.4. The number of halogens is 2. The van der Waals surface area contributed by atoms with Crippen molar-refractivity contribution in [3.63, 3.8) is 0 Å². The first-order chi connectivity index (χ1) is 20.3. The van der Waals surface area contributed by atoms with Gasteiger partial charge in [-0.15, -0.1) is 0 Å². The molecule has 226 valence electrons. The second-order valence-corrected chi connectivity index (χ2v) is 10.7. The quantitative estimate of drug-likeness (QED) is 0.176. The minimum Gasteiger partial charge on any atom is -0.534 e. The van der Waals surface area contributed by atoms with Crippen LogP contribution in [0.1, 0.15) is 40.4 Å². The minimum atomic E-state index is -2.16. The number of hydrogen-bond acceptors (Lipinski definition) is 9. The summed E-state index contributed by atoms with van der Waals surface area (Å²) in [6.45, 7) is -0.233. The van der Waals surface area contributed by atoms with E-state index in [2.05, 4.69) is 10.6 Å². The molecule has 1 aliphatic carbocycles. The second-order valence-electron chi connectivity index (χ2n) is 10.7. The van der Waals surface area contributed by atoms with Crippen LogP contribution in [-0.4, -0.2) is 93.0 Å². The molecule has 2 heterocycles. The standard InChI is InChI=1S/C26H26BF2N5O9/c28-15-9-13(35)10-16(29)18(15)19(32-25(41)34-7-6-33(22(37)23(34)38)11-26(30)4-5-26)21(36)31-17-8-12-2-1-3-14(24(39)40)20(12)43-27(17)42/h1-3,9-10,17,19,35,42H,4-8,11,30H2,(H,31,36)(H,32,41)(H,39,40)/t17-,19?/m0/s1. The summed E-state index contributed by atoms with van der Waals surface area (Å²) in [5.41, 5.74) is 4.49. The van der Waals surface area contributed by atoms with E-state index in [1.165, 1.54) is 23.1 Å². The summed E-state index contributed by atoms with van der Waals surface area (Å²) in [4.78, 5) is 65.2. The molecule has 7 N–H and O–H groups in total. The summed E-state index contributed by atoms with van der Waals surface area (Å²) in [5.74, 6) is -9.86. The van der Waals surface area contributed by atoms with Crippen molar-refractivity contribution in [3.8, 4) is 11.5 Å². The minimum absolute atomic E-state index is 0.0565. The molecule has 2 fully saturated rings. The van der Waals surface area contributed by atoms with Crippen molar-refractivity contribution in [1.82, 2.24) is 20.4 Å². The molecule has 0 aromatic heterocycles. The van der Waals surface area contributed by atoms with Crippen molar-refractivity contribution in [2.75, 3.05) is 19.6 Å². The van der Waals surface area contributed by atoms with Gasteiger partial charge >= 0.3 is 30.9 Å². The van der Waals surface area contributed by atoms with E-state index in [4.69, 9.17) is 10.4 Å². The highest BCUT2D eigenvalue weighted by molar-refractivity contribution is 6.47. The number of aromatic carboxylic acids is 1. The number of nitrogens with two attached hydrogens (primary N) is 1. The molecular formula is C26H26BF2N5O9. The average Bonchev–Trinajstić information content (AvgIpc) is 3.66. The van der Waals surface area contributed by atoms with Gasteiger partial charge in [0.2, 0.25) is 5.91 Å². The zero-order chi connectivity index (χ0) is 31.2. The van der Waals surface area contributed by atoms with Crippen molar-refractivity contribution < 1.29 is 52.6 Å². The maximum Gasteiger partial charge on any atom is 0.547 e. The van der Waals surface area contributed by atoms with E-state index in [-0.39, 0.29) is 37.4 Å². The van der Waals surface area contributed by atoms with Gasteiger partial charge in [-0.25, -0.2) is 18.4 Å². The van der Waals surface area contributed by atoms with Crippen LogP contribution >= 0.6 is 0 Å². The highest BCUT2D eigenvalue weighted by atomic mass is 19.1. The molecule has 1 saturated carbocycles. The summed E-state index contributed by atoms with van der Waals surface area (Å²) < 4.78 is 35.2. The normalized spacial score (nSPS) is 19.7. The Bertz CT molecular complexity index is 1520. The van der Waals surface area contributed by atoms with Gasteiger partial charge in [-0.3, -0.25) is 19.3 Å². The third-order valence-corrected chi connectivity index (χ3v) is 7.51. The van der Waals surface area contributed by atoms with Crippen LogP contribution in [0.25, 0.3) is 0 Å². The fourth-order valence-corrected chi connectivity index (χ4v) is 5.02. The SMILES string of the molecule is NC1(CN2CCN(C(=O)NC(C(=O)N[C@H]3Cc4cccc(C(=O)O)c4OB3O)c3c(F)cc(O)cc3F)C(=O)C2=O)CC1. The molecule has 14 nitrogen and oxygen atoms in total. The Balaban J connectivity index is 1.37. The summed E-state index contributed by atoms with van der Waals surface area (Å²) >= 11 is 0. The molecule has 5 rings (SSSR count). The molecule has 5 amide bonds. The third kappa shape index (κ3) is 5.94. The van der Waals surface area contributed by atoms with E-state index in [1.807, 2.05) is 0 Å². The number of benzene rings is 2. The number of amides is 5. The Morgan fingerprint density at radius 1 is 1.14 bits per heavy atom. The number of imide groups is 1. The molecule has 2 aromatic rings. The Hall–Kier alpha value is -4.77. The van der Waals surface area contributed by atoms with E-state index in [0.29, 0.717) is 35.4 Å². The molecule has 1 unspecified atom stereocenters. The van der Waals surface area contributed by atoms with Crippen molar-refractivity contribution in [1.29, 1.82) is 0 Å². The molecule has 17 heteroatoms. The van der Waals surface area contributed by atoms with Gasteiger partial charge in [0.25, 0.3) is 0 Å². The van der Waals surface area contributed by atoms with Gasteiger partial charge in [-0.2, -0.15) is 0 Å². The summed E-state index contributed by atoms with van der Waals surface area (Å²) in [5, 5.41) is 33.9. The lowest BCUT2D eigenvalue weighted by Crippen LogP contribution is -2.61. The van der Waals surface area contributed by atoms with Crippen LogP contribution < -0.4 is 21.0 Å². The van der Waals surface area contributed by atoms with Crippen molar-refractivity contribution in [3.05, 3.63) is 58.7 Å².